The molecule has 1 aliphatic rings. The maximum Gasteiger partial charge on any atom is 0.137 e. The molecule has 0 radical (unpaired) electrons. The summed E-state index contributed by atoms with van der Waals surface area (Å²) in [7, 11) is 0. The molecule has 1 aromatic rings. The minimum absolute atomic E-state index is 0.399. The van der Waals surface area contributed by atoms with Crippen LogP contribution in [0.15, 0.2) is 18.2 Å². The zero-order valence-electron chi connectivity index (χ0n) is 12.2. The van der Waals surface area contributed by atoms with Crippen molar-refractivity contribution in [1.82, 2.24) is 5.32 Å². The molecule has 0 atom stereocenters. The third-order valence-corrected chi connectivity index (χ3v) is 4.31. The fraction of sp³-hybridized carbons (Fsp3) is 0.588. The number of piperidine rings is 1. The predicted molar refractivity (Wildman–Crippen MR) is 79.5 cm³/mol. The number of hydrogen-bond donors (Lipinski definition) is 1. The molecule has 1 aromatic carbocycles. The van der Waals surface area contributed by atoms with Gasteiger partial charge < -0.3 is 5.32 Å². The second-order valence-electron chi connectivity index (χ2n) is 5.82. The van der Waals surface area contributed by atoms with Gasteiger partial charge in [-0.1, -0.05) is 18.2 Å². The molecular weight excluding hydrogens is 234 g/mol. The summed E-state index contributed by atoms with van der Waals surface area (Å²) in [6, 6.07) is 6.26. The van der Waals surface area contributed by atoms with Crippen molar-refractivity contribution in [3.63, 3.8) is 0 Å². The van der Waals surface area contributed by atoms with Gasteiger partial charge in [-0.25, -0.2) is 0 Å². The number of carbonyl (C=O) groups excluding carboxylic acids is 1. The van der Waals surface area contributed by atoms with Crippen LogP contribution < -0.4 is 5.32 Å². The highest BCUT2D eigenvalue weighted by atomic mass is 16.1. The van der Waals surface area contributed by atoms with Crippen LogP contribution in [0.4, 0.5) is 0 Å². The fourth-order valence-corrected chi connectivity index (χ4v) is 2.95. The molecule has 1 N–H and O–H groups in total. The SMILES string of the molecule is Cc1cccc(C)c1CC(=O)CCC1CCNCC1. The van der Waals surface area contributed by atoms with E-state index in [1.165, 1.54) is 29.5 Å². The van der Waals surface area contributed by atoms with E-state index in [1.54, 1.807) is 0 Å². The Morgan fingerprint density at radius 3 is 2.47 bits per heavy atom. The summed E-state index contributed by atoms with van der Waals surface area (Å²) < 4.78 is 0. The van der Waals surface area contributed by atoms with E-state index >= 15 is 0 Å². The number of Topliss-reactive ketones (excluding diaryl/α,β-unsaturated/α-hetero) is 1. The molecule has 2 heteroatoms. The first-order chi connectivity index (χ1) is 9.16. The Bertz CT molecular complexity index is 413. The molecule has 0 amide bonds. The highest BCUT2D eigenvalue weighted by molar-refractivity contribution is 5.81. The van der Waals surface area contributed by atoms with Crippen LogP contribution in [0.1, 0.15) is 42.4 Å². The van der Waals surface area contributed by atoms with Gasteiger partial charge in [-0.2, -0.15) is 0 Å². The molecule has 1 heterocycles. The zero-order valence-corrected chi connectivity index (χ0v) is 12.2. The van der Waals surface area contributed by atoms with Gasteiger partial charge in [0.1, 0.15) is 5.78 Å². The molecule has 2 rings (SSSR count). The topological polar surface area (TPSA) is 29.1 Å². The van der Waals surface area contributed by atoms with E-state index in [-0.39, 0.29) is 0 Å². The lowest BCUT2D eigenvalue weighted by Gasteiger charge is -2.22. The molecule has 1 fully saturated rings. The van der Waals surface area contributed by atoms with Gasteiger partial charge in [-0.3, -0.25) is 4.79 Å². The van der Waals surface area contributed by atoms with Gasteiger partial charge in [-0.05, 0) is 68.8 Å². The van der Waals surface area contributed by atoms with Crippen molar-refractivity contribution in [2.24, 2.45) is 5.92 Å². The van der Waals surface area contributed by atoms with Gasteiger partial charge in [0.15, 0.2) is 0 Å². The van der Waals surface area contributed by atoms with Crippen molar-refractivity contribution < 1.29 is 4.79 Å². The Hall–Kier alpha value is -1.15. The average Bonchev–Trinajstić information content (AvgIpc) is 2.42. The monoisotopic (exact) mass is 259 g/mol. The maximum absolute atomic E-state index is 12.1. The molecule has 0 unspecified atom stereocenters. The Morgan fingerprint density at radius 1 is 1.21 bits per heavy atom. The van der Waals surface area contributed by atoms with Crippen molar-refractivity contribution in [2.45, 2.75) is 46.0 Å². The van der Waals surface area contributed by atoms with Crippen LogP contribution in [0.3, 0.4) is 0 Å². The van der Waals surface area contributed by atoms with Crippen LogP contribution in [0.25, 0.3) is 0 Å². The molecule has 1 aliphatic heterocycles. The number of ketones is 1. The number of nitrogens with one attached hydrogen (secondary N) is 1. The summed E-state index contributed by atoms with van der Waals surface area (Å²) >= 11 is 0. The molecule has 0 bridgehead atoms. The van der Waals surface area contributed by atoms with Gasteiger partial charge in [-0.15, -0.1) is 0 Å². The van der Waals surface area contributed by atoms with Crippen LogP contribution in [0.2, 0.25) is 0 Å². The molecule has 19 heavy (non-hydrogen) atoms. The summed E-state index contributed by atoms with van der Waals surface area (Å²) in [6.07, 6.45) is 4.90. The predicted octanol–water partition coefficient (Wildman–Crippen LogP) is 3.19. The quantitative estimate of drug-likeness (QED) is 0.880. The summed E-state index contributed by atoms with van der Waals surface area (Å²) in [6.45, 7) is 6.44. The van der Waals surface area contributed by atoms with Crippen molar-refractivity contribution in [1.29, 1.82) is 0 Å². The minimum Gasteiger partial charge on any atom is -0.317 e. The van der Waals surface area contributed by atoms with Gasteiger partial charge >= 0.3 is 0 Å². The van der Waals surface area contributed by atoms with Crippen LogP contribution >= 0.6 is 0 Å². The second-order valence-corrected chi connectivity index (χ2v) is 5.82. The number of carbonyl (C=O) groups is 1. The maximum atomic E-state index is 12.1. The fourth-order valence-electron chi connectivity index (χ4n) is 2.95. The Balaban J connectivity index is 1.83. The van der Waals surface area contributed by atoms with Gasteiger partial charge in [0.2, 0.25) is 0 Å². The summed E-state index contributed by atoms with van der Waals surface area (Å²) in [5.74, 6) is 1.15. The Labute approximate surface area is 116 Å². The van der Waals surface area contributed by atoms with Crippen molar-refractivity contribution in [3.8, 4) is 0 Å². The van der Waals surface area contributed by atoms with Gasteiger partial charge in [0, 0.05) is 12.8 Å². The molecule has 1 saturated heterocycles. The lowest BCUT2D eigenvalue weighted by Crippen LogP contribution is -2.28. The third kappa shape index (κ3) is 4.17. The van der Waals surface area contributed by atoms with Crippen molar-refractivity contribution in [2.75, 3.05) is 13.1 Å². The number of benzene rings is 1. The van der Waals surface area contributed by atoms with Crippen molar-refractivity contribution >= 4 is 5.78 Å². The lowest BCUT2D eigenvalue weighted by molar-refractivity contribution is -0.118. The zero-order chi connectivity index (χ0) is 13.7. The Kier molecular flexibility index (Phi) is 5.15. The van der Waals surface area contributed by atoms with E-state index in [0.29, 0.717) is 12.2 Å². The van der Waals surface area contributed by atoms with Crippen LogP contribution in [-0.4, -0.2) is 18.9 Å². The van der Waals surface area contributed by atoms with Crippen LogP contribution in [-0.2, 0) is 11.2 Å². The van der Waals surface area contributed by atoms with E-state index in [4.69, 9.17) is 0 Å². The molecule has 0 saturated carbocycles. The first-order valence-electron chi connectivity index (χ1n) is 7.44. The number of aryl methyl sites for hydroxylation is 2. The second kappa shape index (κ2) is 6.85. The first kappa shape index (κ1) is 14.3. The van der Waals surface area contributed by atoms with Crippen molar-refractivity contribution in [3.05, 3.63) is 34.9 Å². The molecule has 104 valence electrons. The molecular formula is C17H25NO. The van der Waals surface area contributed by atoms with Gasteiger partial charge in [0.05, 0.1) is 0 Å². The first-order valence-corrected chi connectivity index (χ1v) is 7.44. The van der Waals surface area contributed by atoms with E-state index in [0.717, 1.165) is 31.8 Å². The van der Waals surface area contributed by atoms with E-state index in [2.05, 4.69) is 37.4 Å². The number of hydrogen-bond acceptors (Lipinski definition) is 2. The molecule has 0 aliphatic carbocycles. The largest absolute Gasteiger partial charge is 0.317 e. The normalized spacial score (nSPS) is 16.5. The van der Waals surface area contributed by atoms with Gasteiger partial charge in [0.25, 0.3) is 0 Å². The summed E-state index contributed by atoms with van der Waals surface area (Å²) in [5.41, 5.74) is 3.73. The lowest BCUT2D eigenvalue weighted by atomic mass is 9.90. The smallest absolute Gasteiger partial charge is 0.137 e. The van der Waals surface area contributed by atoms with E-state index in [9.17, 15) is 4.79 Å². The third-order valence-electron chi connectivity index (χ3n) is 4.31. The number of rotatable bonds is 5. The molecule has 2 nitrogen and oxygen atoms in total. The highest BCUT2D eigenvalue weighted by Gasteiger charge is 2.15. The standard InChI is InChI=1S/C17H25NO/c1-13-4-3-5-14(2)17(13)12-16(19)7-6-15-8-10-18-11-9-15/h3-5,15,18H,6-12H2,1-2H3. The Morgan fingerprint density at radius 2 is 1.84 bits per heavy atom. The minimum atomic E-state index is 0.399. The highest BCUT2D eigenvalue weighted by Crippen LogP contribution is 2.20. The molecule has 0 spiro atoms. The summed E-state index contributed by atoms with van der Waals surface area (Å²) in [5, 5.41) is 3.37. The van der Waals surface area contributed by atoms with E-state index in [1.807, 2.05) is 0 Å². The average molecular weight is 259 g/mol. The van der Waals surface area contributed by atoms with Crippen LogP contribution in [0, 0.1) is 19.8 Å². The summed E-state index contributed by atoms with van der Waals surface area (Å²) in [4.78, 5) is 12.1. The van der Waals surface area contributed by atoms with Crippen LogP contribution in [0.5, 0.6) is 0 Å². The molecule has 0 aromatic heterocycles. The van der Waals surface area contributed by atoms with E-state index < -0.39 is 0 Å².